The van der Waals surface area contributed by atoms with E-state index in [1.807, 2.05) is 37.3 Å². The van der Waals surface area contributed by atoms with Gasteiger partial charge in [0.2, 0.25) is 0 Å². The SMILES string of the molecule is CCN(CC(O)COc1ccc(C(C)=O)cc1)c1c(N)n(Cc2ccccc2)c(=O)[nH]c1=O. The lowest BCUT2D eigenvalue weighted by Gasteiger charge is -2.27. The predicted molar refractivity (Wildman–Crippen MR) is 127 cm³/mol. The zero-order valence-electron chi connectivity index (χ0n) is 18.7. The van der Waals surface area contributed by atoms with Crippen LogP contribution in [0.2, 0.25) is 0 Å². The van der Waals surface area contributed by atoms with Crippen molar-refractivity contribution in [1.29, 1.82) is 0 Å². The second-order valence-electron chi connectivity index (χ2n) is 7.65. The van der Waals surface area contributed by atoms with Crippen LogP contribution in [0.5, 0.6) is 5.75 Å². The average Bonchev–Trinajstić information content (AvgIpc) is 2.80. The zero-order valence-corrected chi connectivity index (χ0v) is 18.7. The number of aliphatic hydroxyl groups excluding tert-OH is 1. The normalized spacial score (nSPS) is 11.7. The Kier molecular flexibility index (Phi) is 7.68. The number of H-pyrrole nitrogens is 1. The molecule has 0 bridgehead atoms. The predicted octanol–water partition coefficient (Wildman–Crippen LogP) is 1.64. The number of nitrogens with two attached hydrogens (primary N) is 1. The Morgan fingerprint density at radius 3 is 2.42 bits per heavy atom. The molecule has 0 radical (unpaired) electrons. The number of aliphatic hydroxyl groups is 1. The van der Waals surface area contributed by atoms with E-state index >= 15 is 0 Å². The first kappa shape index (κ1) is 23.8. The highest BCUT2D eigenvalue weighted by molar-refractivity contribution is 5.94. The van der Waals surface area contributed by atoms with E-state index in [-0.39, 0.29) is 37.0 Å². The average molecular weight is 453 g/mol. The van der Waals surface area contributed by atoms with Gasteiger partial charge in [0, 0.05) is 18.7 Å². The molecule has 0 aliphatic heterocycles. The first-order valence-electron chi connectivity index (χ1n) is 10.6. The third kappa shape index (κ3) is 5.89. The van der Waals surface area contributed by atoms with Crippen LogP contribution in [0.4, 0.5) is 11.5 Å². The Hall–Kier alpha value is -3.85. The van der Waals surface area contributed by atoms with Gasteiger partial charge in [0.1, 0.15) is 30.0 Å². The Balaban J connectivity index is 1.75. The molecule has 0 saturated carbocycles. The van der Waals surface area contributed by atoms with Crippen LogP contribution in [0, 0.1) is 0 Å². The van der Waals surface area contributed by atoms with E-state index in [1.54, 1.807) is 29.2 Å². The Bertz CT molecular complexity index is 1200. The van der Waals surface area contributed by atoms with Crippen LogP contribution in [0.15, 0.2) is 64.2 Å². The van der Waals surface area contributed by atoms with Gasteiger partial charge >= 0.3 is 5.69 Å². The fourth-order valence-corrected chi connectivity index (χ4v) is 3.47. The third-order valence-electron chi connectivity index (χ3n) is 5.23. The maximum Gasteiger partial charge on any atom is 0.330 e. The molecule has 0 amide bonds. The lowest BCUT2D eigenvalue weighted by molar-refractivity contribution is 0.101. The highest BCUT2D eigenvalue weighted by Gasteiger charge is 2.20. The van der Waals surface area contributed by atoms with E-state index in [9.17, 15) is 19.5 Å². The van der Waals surface area contributed by atoms with Crippen molar-refractivity contribution in [3.63, 3.8) is 0 Å². The molecule has 2 aromatic carbocycles. The monoisotopic (exact) mass is 452 g/mol. The number of ketones is 1. The summed E-state index contributed by atoms with van der Waals surface area (Å²) in [6.45, 7) is 3.92. The van der Waals surface area contributed by atoms with Gasteiger partial charge in [-0.1, -0.05) is 30.3 Å². The van der Waals surface area contributed by atoms with Gasteiger partial charge in [-0.25, -0.2) is 4.79 Å². The van der Waals surface area contributed by atoms with Crippen molar-refractivity contribution in [2.24, 2.45) is 0 Å². The molecule has 3 aromatic rings. The first-order valence-corrected chi connectivity index (χ1v) is 10.6. The third-order valence-corrected chi connectivity index (χ3v) is 5.23. The van der Waals surface area contributed by atoms with Crippen LogP contribution in [0.1, 0.15) is 29.8 Å². The quantitative estimate of drug-likeness (QED) is 0.399. The van der Waals surface area contributed by atoms with Gasteiger partial charge in [-0.15, -0.1) is 0 Å². The van der Waals surface area contributed by atoms with Crippen molar-refractivity contribution in [3.8, 4) is 5.75 Å². The summed E-state index contributed by atoms with van der Waals surface area (Å²) >= 11 is 0. The highest BCUT2D eigenvalue weighted by Crippen LogP contribution is 2.18. The molecule has 33 heavy (non-hydrogen) atoms. The summed E-state index contributed by atoms with van der Waals surface area (Å²) in [5.41, 5.74) is 6.59. The first-order chi connectivity index (χ1) is 15.8. The van der Waals surface area contributed by atoms with Crippen LogP contribution in [-0.2, 0) is 6.54 Å². The topological polar surface area (TPSA) is 131 Å². The fourth-order valence-electron chi connectivity index (χ4n) is 3.47. The number of aromatic nitrogens is 2. The number of nitrogens with one attached hydrogen (secondary N) is 1. The van der Waals surface area contributed by atoms with Crippen LogP contribution in [-0.4, -0.2) is 46.2 Å². The number of nitrogen functional groups attached to an aromatic ring is 1. The molecule has 9 nitrogen and oxygen atoms in total. The van der Waals surface area contributed by atoms with Crippen molar-refractivity contribution >= 4 is 17.3 Å². The van der Waals surface area contributed by atoms with E-state index in [1.165, 1.54) is 11.5 Å². The molecule has 1 aromatic heterocycles. The second kappa shape index (κ2) is 10.6. The second-order valence-corrected chi connectivity index (χ2v) is 7.65. The van der Waals surface area contributed by atoms with E-state index in [0.717, 1.165) is 5.56 Å². The molecule has 1 unspecified atom stereocenters. The molecule has 0 spiro atoms. The van der Waals surface area contributed by atoms with E-state index in [2.05, 4.69) is 4.98 Å². The number of anilines is 2. The Morgan fingerprint density at radius 2 is 1.82 bits per heavy atom. The number of nitrogens with zero attached hydrogens (tertiary/aromatic N) is 2. The van der Waals surface area contributed by atoms with Gasteiger partial charge < -0.3 is 20.5 Å². The summed E-state index contributed by atoms with van der Waals surface area (Å²) in [4.78, 5) is 40.3. The molecule has 1 atom stereocenters. The van der Waals surface area contributed by atoms with Crippen LogP contribution >= 0.6 is 0 Å². The summed E-state index contributed by atoms with van der Waals surface area (Å²) < 4.78 is 6.91. The summed E-state index contributed by atoms with van der Waals surface area (Å²) in [5, 5.41) is 10.5. The fraction of sp³-hybridized carbons (Fsp3) is 0.292. The molecule has 0 aliphatic carbocycles. The standard InChI is InChI=1S/C24H28N4O5/c1-3-27(14-19(30)15-33-20-11-9-18(10-12-20)16(2)29)21-22(25)28(24(32)26-23(21)31)13-17-7-5-4-6-8-17/h4-12,19,30H,3,13-15,25H2,1-2H3,(H,26,31,32). The van der Waals surface area contributed by atoms with Gasteiger partial charge in [-0.2, -0.15) is 0 Å². The molecule has 0 fully saturated rings. The zero-order chi connectivity index (χ0) is 24.0. The number of benzene rings is 2. The number of rotatable bonds is 10. The van der Waals surface area contributed by atoms with Crippen LogP contribution < -0.4 is 26.6 Å². The Morgan fingerprint density at radius 1 is 1.15 bits per heavy atom. The highest BCUT2D eigenvalue weighted by atomic mass is 16.5. The molecular weight excluding hydrogens is 424 g/mol. The lowest BCUT2D eigenvalue weighted by Crippen LogP contribution is -2.42. The number of carbonyl (C=O) groups is 1. The Labute approximate surface area is 191 Å². The number of likely N-dealkylation sites (N-methyl/N-ethyl adjacent to an activating group) is 1. The maximum absolute atomic E-state index is 12.6. The molecule has 9 heteroatoms. The smallest absolute Gasteiger partial charge is 0.330 e. The number of carbonyl (C=O) groups excluding carboxylic acids is 1. The maximum atomic E-state index is 12.6. The molecule has 0 aliphatic rings. The molecule has 4 N–H and O–H groups in total. The minimum Gasteiger partial charge on any atom is -0.491 e. The minimum absolute atomic E-state index is 0.0300. The molecule has 0 saturated heterocycles. The van der Waals surface area contributed by atoms with E-state index < -0.39 is 17.4 Å². The number of hydrogen-bond donors (Lipinski definition) is 3. The van der Waals surface area contributed by atoms with Crippen molar-refractivity contribution < 1.29 is 14.6 Å². The number of Topliss-reactive ketones (excluding diaryl/α,β-unsaturated/α-hetero) is 1. The van der Waals surface area contributed by atoms with E-state index in [4.69, 9.17) is 10.5 Å². The summed E-state index contributed by atoms with van der Waals surface area (Å²) in [6, 6.07) is 15.9. The van der Waals surface area contributed by atoms with E-state index in [0.29, 0.717) is 17.9 Å². The van der Waals surface area contributed by atoms with Crippen molar-refractivity contribution in [2.75, 3.05) is 30.3 Å². The minimum atomic E-state index is -0.939. The van der Waals surface area contributed by atoms with Crippen LogP contribution in [0.3, 0.4) is 0 Å². The lowest BCUT2D eigenvalue weighted by atomic mass is 10.1. The van der Waals surface area contributed by atoms with Gasteiger partial charge in [0.05, 0.1) is 6.54 Å². The number of ether oxygens (including phenoxy) is 1. The van der Waals surface area contributed by atoms with Gasteiger partial charge in [0.15, 0.2) is 5.78 Å². The van der Waals surface area contributed by atoms with Gasteiger partial charge in [0.25, 0.3) is 5.56 Å². The molecular formula is C24H28N4O5. The van der Waals surface area contributed by atoms with Gasteiger partial charge in [-0.05, 0) is 43.7 Å². The summed E-state index contributed by atoms with van der Waals surface area (Å²) in [5.74, 6) is 0.495. The molecule has 3 rings (SSSR count). The number of hydrogen-bond acceptors (Lipinski definition) is 7. The largest absolute Gasteiger partial charge is 0.491 e. The van der Waals surface area contributed by atoms with Crippen LogP contribution in [0.25, 0.3) is 0 Å². The molecule has 174 valence electrons. The summed E-state index contributed by atoms with van der Waals surface area (Å²) in [7, 11) is 0. The van der Waals surface area contributed by atoms with Crippen molar-refractivity contribution in [1.82, 2.24) is 9.55 Å². The van der Waals surface area contributed by atoms with Crippen molar-refractivity contribution in [3.05, 3.63) is 86.6 Å². The number of aromatic amines is 1. The summed E-state index contributed by atoms with van der Waals surface area (Å²) in [6.07, 6.45) is -0.939. The van der Waals surface area contributed by atoms with Crippen molar-refractivity contribution in [2.45, 2.75) is 26.5 Å². The molecule has 1 heterocycles. The van der Waals surface area contributed by atoms with Gasteiger partial charge in [-0.3, -0.25) is 19.1 Å².